The van der Waals surface area contributed by atoms with Gasteiger partial charge in [-0.3, -0.25) is 14.8 Å². The maximum Gasteiger partial charge on any atom is 0.212 e. The lowest BCUT2D eigenvalue weighted by Gasteiger charge is -2.04. The minimum Gasteiger partial charge on any atom is -0.287 e. The van der Waals surface area contributed by atoms with E-state index in [-0.39, 0.29) is 5.78 Å². The zero-order valence-corrected chi connectivity index (χ0v) is 11.5. The van der Waals surface area contributed by atoms with Crippen LogP contribution in [-0.4, -0.2) is 15.8 Å². The average Bonchev–Trinajstić information content (AvgIpc) is 2.47. The lowest BCUT2D eigenvalue weighted by molar-refractivity contribution is 0.103. The van der Waals surface area contributed by atoms with Crippen molar-refractivity contribution in [3.63, 3.8) is 0 Å². The van der Waals surface area contributed by atoms with Gasteiger partial charge in [0.1, 0.15) is 5.69 Å². The minimum absolute atomic E-state index is 0.0916. The van der Waals surface area contributed by atoms with Gasteiger partial charge in [0, 0.05) is 27.8 Å². The zero-order chi connectivity index (χ0) is 13.2. The molecular formula is C15H9BrN2O. The molecule has 0 N–H and O–H groups in total. The predicted molar refractivity (Wildman–Crippen MR) is 77.1 cm³/mol. The summed E-state index contributed by atoms with van der Waals surface area (Å²) >= 11 is 3.31. The van der Waals surface area contributed by atoms with Crippen LogP contribution in [0.15, 0.2) is 59.3 Å². The summed E-state index contributed by atoms with van der Waals surface area (Å²) in [7, 11) is 0. The summed E-state index contributed by atoms with van der Waals surface area (Å²) in [5, 5.41) is 0.847. The van der Waals surface area contributed by atoms with E-state index in [1.54, 1.807) is 24.5 Å². The van der Waals surface area contributed by atoms with Crippen LogP contribution in [0.3, 0.4) is 0 Å². The number of carbonyl (C=O) groups excluding carboxylic acids is 1. The number of hydrogen-bond donors (Lipinski definition) is 0. The third-order valence-electron chi connectivity index (χ3n) is 2.85. The van der Waals surface area contributed by atoms with Crippen molar-refractivity contribution in [3.8, 4) is 0 Å². The first-order valence-electron chi connectivity index (χ1n) is 5.76. The fraction of sp³-hybridized carbons (Fsp3) is 0. The Kier molecular flexibility index (Phi) is 3.09. The molecule has 92 valence electrons. The van der Waals surface area contributed by atoms with E-state index in [4.69, 9.17) is 0 Å². The molecule has 0 saturated heterocycles. The van der Waals surface area contributed by atoms with Crippen LogP contribution in [0.1, 0.15) is 16.1 Å². The Morgan fingerprint density at radius 3 is 2.68 bits per heavy atom. The SMILES string of the molecule is O=C(c1ccc(Br)cn1)c1cccc2ncccc12. The van der Waals surface area contributed by atoms with E-state index in [9.17, 15) is 4.79 Å². The first-order chi connectivity index (χ1) is 9.25. The van der Waals surface area contributed by atoms with Gasteiger partial charge >= 0.3 is 0 Å². The Bertz CT molecular complexity index is 748. The molecular weight excluding hydrogens is 304 g/mol. The number of fused-ring (bicyclic) bond motifs is 1. The third-order valence-corrected chi connectivity index (χ3v) is 3.32. The van der Waals surface area contributed by atoms with E-state index in [2.05, 4.69) is 25.9 Å². The molecule has 0 aliphatic heterocycles. The molecule has 3 aromatic rings. The molecule has 19 heavy (non-hydrogen) atoms. The molecule has 0 unspecified atom stereocenters. The predicted octanol–water partition coefficient (Wildman–Crippen LogP) is 3.62. The van der Waals surface area contributed by atoms with Crippen LogP contribution < -0.4 is 0 Å². The van der Waals surface area contributed by atoms with Crippen LogP contribution in [0.5, 0.6) is 0 Å². The van der Waals surface area contributed by atoms with Crippen molar-refractivity contribution in [3.05, 3.63) is 70.6 Å². The fourth-order valence-electron chi connectivity index (χ4n) is 1.95. The number of nitrogens with zero attached hydrogens (tertiary/aromatic N) is 2. The van der Waals surface area contributed by atoms with Crippen molar-refractivity contribution >= 4 is 32.6 Å². The smallest absolute Gasteiger partial charge is 0.212 e. The number of benzene rings is 1. The number of hydrogen-bond acceptors (Lipinski definition) is 3. The van der Waals surface area contributed by atoms with Gasteiger partial charge in [-0.25, -0.2) is 0 Å². The number of halogens is 1. The van der Waals surface area contributed by atoms with Crippen LogP contribution in [-0.2, 0) is 0 Å². The first-order valence-corrected chi connectivity index (χ1v) is 6.55. The monoisotopic (exact) mass is 312 g/mol. The topological polar surface area (TPSA) is 42.9 Å². The summed E-state index contributed by atoms with van der Waals surface area (Å²) in [6.45, 7) is 0. The largest absolute Gasteiger partial charge is 0.287 e. The van der Waals surface area contributed by atoms with Gasteiger partial charge < -0.3 is 0 Å². The van der Waals surface area contributed by atoms with Crippen molar-refractivity contribution in [1.82, 2.24) is 9.97 Å². The summed E-state index contributed by atoms with van der Waals surface area (Å²) in [6, 6.07) is 12.8. The molecule has 0 spiro atoms. The van der Waals surface area contributed by atoms with Gasteiger partial charge in [0.05, 0.1) is 5.52 Å². The quantitative estimate of drug-likeness (QED) is 0.679. The van der Waals surface area contributed by atoms with Gasteiger partial charge in [-0.2, -0.15) is 0 Å². The number of pyridine rings is 2. The molecule has 4 heteroatoms. The van der Waals surface area contributed by atoms with Gasteiger partial charge in [0.25, 0.3) is 0 Å². The Balaban J connectivity index is 2.14. The number of rotatable bonds is 2. The van der Waals surface area contributed by atoms with Gasteiger partial charge in [-0.1, -0.05) is 18.2 Å². The number of carbonyl (C=O) groups is 1. The lowest BCUT2D eigenvalue weighted by Crippen LogP contribution is -2.04. The fourth-order valence-corrected chi connectivity index (χ4v) is 2.18. The molecule has 0 saturated carbocycles. The van der Waals surface area contributed by atoms with Crippen molar-refractivity contribution in [2.24, 2.45) is 0 Å². The maximum absolute atomic E-state index is 12.5. The van der Waals surface area contributed by atoms with Crippen LogP contribution in [0, 0.1) is 0 Å². The summed E-state index contributed by atoms with van der Waals surface area (Å²) < 4.78 is 0.851. The van der Waals surface area contributed by atoms with E-state index in [0.29, 0.717) is 11.3 Å². The number of ketones is 1. The molecule has 0 fully saturated rings. The van der Waals surface area contributed by atoms with Gasteiger partial charge in [0.2, 0.25) is 5.78 Å². The van der Waals surface area contributed by atoms with E-state index < -0.39 is 0 Å². The maximum atomic E-state index is 12.5. The molecule has 3 nitrogen and oxygen atoms in total. The molecule has 3 rings (SSSR count). The summed E-state index contributed by atoms with van der Waals surface area (Å²) in [5.41, 5.74) is 1.87. The lowest BCUT2D eigenvalue weighted by atomic mass is 10.0. The summed E-state index contributed by atoms with van der Waals surface area (Å²) in [6.07, 6.45) is 3.34. The molecule has 0 radical (unpaired) electrons. The molecule has 0 amide bonds. The Labute approximate surface area is 118 Å². The Hall–Kier alpha value is -2.07. The Morgan fingerprint density at radius 2 is 1.89 bits per heavy atom. The van der Waals surface area contributed by atoms with E-state index in [0.717, 1.165) is 15.4 Å². The summed E-state index contributed by atoms with van der Waals surface area (Å²) in [5.74, 6) is -0.0916. The second kappa shape index (κ2) is 4.90. The van der Waals surface area contributed by atoms with Gasteiger partial charge in [-0.05, 0) is 40.2 Å². The molecule has 0 atom stereocenters. The minimum atomic E-state index is -0.0916. The highest BCUT2D eigenvalue weighted by Crippen LogP contribution is 2.19. The molecule has 0 aliphatic rings. The van der Waals surface area contributed by atoms with E-state index >= 15 is 0 Å². The average molecular weight is 313 g/mol. The van der Waals surface area contributed by atoms with Crippen LogP contribution in [0.4, 0.5) is 0 Å². The third kappa shape index (κ3) is 2.27. The normalized spacial score (nSPS) is 10.6. The highest BCUT2D eigenvalue weighted by atomic mass is 79.9. The molecule has 2 aromatic heterocycles. The highest BCUT2D eigenvalue weighted by Gasteiger charge is 2.13. The molecule has 0 aliphatic carbocycles. The Morgan fingerprint density at radius 1 is 1.00 bits per heavy atom. The molecule has 0 bridgehead atoms. The summed E-state index contributed by atoms with van der Waals surface area (Å²) in [4.78, 5) is 20.9. The van der Waals surface area contributed by atoms with Crippen molar-refractivity contribution in [2.75, 3.05) is 0 Å². The second-order valence-corrected chi connectivity index (χ2v) is 4.98. The zero-order valence-electron chi connectivity index (χ0n) is 9.88. The van der Waals surface area contributed by atoms with Gasteiger partial charge in [-0.15, -0.1) is 0 Å². The standard InChI is InChI=1S/C15H9BrN2O/c16-10-6-7-14(18-9-10)15(19)12-3-1-5-13-11(12)4-2-8-17-13/h1-9H. The van der Waals surface area contributed by atoms with Crippen molar-refractivity contribution < 1.29 is 4.79 Å². The molecule has 1 aromatic carbocycles. The second-order valence-electron chi connectivity index (χ2n) is 4.07. The molecule has 2 heterocycles. The van der Waals surface area contributed by atoms with Gasteiger partial charge in [0.15, 0.2) is 0 Å². The van der Waals surface area contributed by atoms with Crippen molar-refractivity contribution in [1.29, 1.82) is 0 Å². The first kappa shape index (κ1) is 12.0. The van der Waals surface area contributed by atoms with E-state index in [1.807, 2.05) is 30.3 Å². The highest BCUT2D eigenvalue weighted by molar-refractivity contribution is 9.10. The number of aromatic nitrogens is 2. The van der Waals surface area contributed by atoms with Crippen LogP contribution in [0.25, 0.3) is 10.9 Å². The van der Waals surface area contributed by atoms with Crippen molar-refractivity contribution in [2.45, 2.75) is 0 Å². The van der Waals surface area contributed by atoms with E-state index in [1.165, 1.54) is 0 Å². The van der Waals surface area contributed by atoms with Crippen LogP contribution >= 0.6 is 15.9 Å². The van der Waals surface area contributed by atoms with Crippen LogP contribution in [0.2, 0.25) is 0 Å².